The molecule has 0 rings (SSSR count). The molecule has 0 bridgehead atoms. The van der Waals surface area contributed by atoms with Gasteiger partial charge in [0, 0.05) is 19.5 Å². The molecule has 0 aliphatic rings. The summed E-state index contributed by atoms with van der Waals surface area (Å²) in [6.45, 7) is -1.81. The van der Waals surface area contributed by atoms with Crippen LogP contribution >= 0.6 is 0 Å². The van der Waals surface area contributed by atoms with Gasteiger partial charge < -0.3 is 41.3 Å². The van der Waals surface area contributed by atoms with Crippen molar-refractivity contribution in [2.75, 3.05) is 59.3 Å². The Morgan fingerprint density at radius 3 is 1.44 bits per heavy atom. The second-order valence-electron chi connectivity index (χ2n) is 6.94. The molecule has 0 unspecified atom stereocenters. The number of nitrogens with two attached hydrogens (primary N) is 1. The SMILES string of the molecule is NC(=O)CCCCCN(CC(CO)(CO)CO)CC(CO)(CO)CO. The van der Waals surface area contributed by atoms with E-state index in [0.717, 1.165) is 6.42 Å². The molecule has 0 aromatic carbocycles. The molecule has 0 fully saturated rings. The summed E-state index contributed by atoms with van der Waals surface area (Å²) in [7, 11) is 0. The van der Waals surface area contributed by atoms with E-state index < -0.39 is 50.5 Å². The summed E-state index contributed by atoms with van der Waals surface area (Å²) in [5.74, 6) is -0.364. The van der Waals surface area contributed by atoms with Crippen LogP contribution in [-0.4, -0.2) is 101 Å². The van der Waals surface area contributed by atoms with Crippen LogP contribution in [0, 0.1) is 10.8 Å². The average molecular weight is 366 g/mol. The Kier molecular flexibility index (Phi) is 12.1. The molecular weight excluding hydrogens is 332 g/mol. The predicted octanol–water partition coefficient (Wildman–Crippen LogP) is -2.74. The minimum Gasteiger partial charge on any atom is -0.396 e. The quantitative estimate of drug-likeness (QED) is 0.144. The number of aliphatic hydroxyl groups excluding tert-OH is 6. The first-order chi connectivity index (χ1) is 11.9. The maximum absolute atomic E-state index is 10.7. The maximum atomic E-state index is 10.7. The molecule has 0 saturated heterocycles. The van der Waals surface area contributed by atoms with Crippen molar-refractivity contribution in [1.82, 2.24) is 4.90 Å². The van der Waals surface area contributed by atoms with E-state index in [9.17, 15) is 35.4 Å². The summed E-state index contributed by atoms with van der Waals surface area (Å²) < 4.78 is 0. The highest BCUT2D eigenvalue weighted by atomic mass is 16.3. The molecule has 0 radical (unpaired) electrons. The summed E-state index contributed by atoms with van der Waals surface area (Å²) in [6.07, 6.45) is 2.35. The van der Waals surface area contributed by atoms with E-state index in [0.29, 0.717) is 25.8 Å². The molecule has 1 amide bonds. The first-order valence-corrected chi connectivity index (χ1v) is 8.52. The summed E-state index contributed by atoms with van der Waals surface area (Å²) in [4.78, 5) is 12.5. The normalized spacial score (nSPS) is 12.8. The van der Waals surface area contributed by atoms with E-state index in [4.69, 9.17) is 5.73 Å². The molecule has 0 aliphatic carbocycles. The third-order valence-corrected chi connectivity index (χ3v) is 4.53. The number of nitrogens with zero attached hydrogens (tertiary/aromatic N) is 1. The van der Waals surface area contributed by atoms with Crippen LogP contribution in [0.25, 0.3) is 0 Å². The van der Waals surface area contributed by atoms with Gasteiger partial charge in [-0.2, -0.15) is 0 Å². The van der Waals surface area contributed by atoms with Gasteiger partial charge in [0.2, 0.25) is 5.91 Å². The molecule has 0 saturated carbocycles. The molecule has 150 valence electrons. The van der Waals surface area contributed by atoms with Gasteiger partial charge in [-0.05, 0) is 19.4 Å². The topological polar surface area (TPSA) is 168 Å². The molecular formula is C16H34N2O7. The van der Waals surface area contributed by atoms with Crippen molar-refractivity contribution in [3.05, 3.63) is 0 Å². The molecule has 0 aromatic heterocycles. The van der Waals surface area contributed by atoms with Gasteiger partial charge in [-0.25, -0.2) is 0 Å². The van der Waals surface area contributed by atoms with Gasteiger partial charge in [-0.3, -0.25) is 4.79 Å². The number of aliphatic hydroxyl groups is 6. The van der Waals surface area contributed by atoms with Crippen molar-refractivity contribution in [2.24, 2.45) is 16.6 Å². The lowest BCUT2D eigenvalue weighted by Crippen LogP contribution is -2.51. The lowest BCUT2D eigenvalue weighted by molar-refractivity contribution is -0.118. The Bertz CT molecular complexity index is 322. The number of unbranched alkanes of at least 4 members (excludes halogenated alkanes) is 2. The first kappa shape index (κ1) is 24.2. The fourth-order valence-corrected chi connectivity index (χ4v) is 2.57. The third-order valence-electron chi connectivity index (χ3n) is 4.53. The fraction of sp³-hybridized carbons (Fsp3) is 0.938. The van der Waals surface area contributed by atoms with E-state index >= 15 is 0 Å². The Hall–Kier alpha value is -0.810. The molecule has 9 heteroatoms. The number of carbonyl (C=O) groups is 1. The van der Waals surface area contributed by atoms with Crippen LogP contribution in [0.15, 0.2) is 0 Å². The molecule has 25 heavy (non-hydrogen) atoms. The first-order valence-electron chi connectivity index (χ1n) is 8.52. The summed E-state index contributed by atoms with van der Waals surface area (Å²) in [5.41, 5.74) is 2.84. The zero-order valence-corrected chi connectivity index (χ0v) is 14.8. The van der Waals surface area contributed by atoms with Gasteiger partial charge in [0.1, 0.15) is 0 Å². The highest BCUT2D eigenvalue weighted by molar-refractivity contribution is 5.73. The van der Waals surface area contributed by atoms with Gasteiger partial charge >= 0.3 is 0 Å². The minimum absolute atomic E-state index is 0.133. The van der Waals surface area contributed by atoms with Gasteiger partial charge in [0.05, 0.1) is 50.5 Å². The number of carbonyl (C=O) groups excluding carboxylic acids is 1. The maximum Gasteiger partial charge on any atom is 0.217 e. The number of rotatable bonds is 16. The highest BCUT2D eigenvalue weighted by Gasteiger charge is 2.35. The van der Waals surface area contributed by atoms with E-state index in [1.807, 2.05) is 0 Å². The monoisotopic (exact) mass is 366 g/mol. The molecule has 0 aromatic rings. The summed E-state index contributed by atoms with van der Waals surface area (Å²) in [6, 6.07) is 0. The number of primary amides is 1. The molecule has 0 spiro atoms. The van der Waals surface area contributed by atoms with E-state index in [-0.39, 0.29) is 19.0 Å². The lowest BCUT2D eigenvalue weighted by Gasteiger charge is -2.39. The van der Waals surface area contributed by atoms with Crippen molar-refractivity contribution < 1.29 is 35.4 Å². The molecule has 0 aliphatic heterocycles. The molecule has 8 N–H and O–H groups in total. The summed E-state index contributed by atoms with van der Waals surface area (Å²) >= 11 is 0. The van der Waals surface area contributed by atoms with E-state index in [1.54, 1.807) is 4.90 Å². The smallest absolute Gasteiger partial charge is 0.217 e. The number of amides is 1. The van der Waals surface area contributed by atoms with Crippen LogP contribution < -0.4 is 5.73 Å². The Balaban J connectivity index is 4.94. The van der Waals surface area contributed by atoms with Crippen LogP contribution in [0.1, 0.15) is 25.7 Å². The van der Waals surface area contributed by atoms with Gasteiger partial charge in [-0.15, -0.1) is 0 Å². The second-order valence-corrected chi connectivity index (χ2v) is 6.94. The Labute approximate surface area is 148 Å². The molecule has 0 heterocycles. The van der Waals surface area contributed by atoms with Crippen molar-refractivity contribution in [3.8, 4) is 0 Å². The Morgan fingerprint density at radius 2 is 1.12 bits per heavy atom. The van der Waals surface area contributed by atoms with Crippen LogP contribution in [0.5, 0.6) is 0 Å². The van der Waals surface area contributed by atoms with Crippen molar-refractivity contribution >= 4 is 5.91 Å². The number of hydrogen-bond donors (Lipinski definition) is 7. The highest BCUT2D eigenvalue weighted by Crippen LogP contribution is 2.23. The second kappa shape index (κ2) is 12.5. The van der Waals surface area contributed by atoms with Crippen molar-refractivity contribution in [1.29, 1.82) is 0 Å². The van der Waals surface area contributed by atoms with Crippen LogP contribution in [0.2, 0.25) is 0 Å². The van der Waals surface area contributed by atoms with E-state index in [1.165, 1.54) is 0 Å². The Morgan fingerprint density at radius 1 is 0.720 bits per heavy atom. The van der Waals surface area contributed by atoms with Gasteiger partial charge in [0.25, 0.3) is 0 Å². The van der Waals surface area contributed by atoms with Crippen molar-refractivity contribution in [3.63, 3.8) is 0 Å². The third kappa shape index (κ3) is 8.41. The van der Waals surface area contributed by atoms with Gasteiger partial charge in [0.15, 0.2) is 0 Å². The summed E-state index contributed by atoms with van der Waals surface area (Å²) in [5, 5.41) is 57.1. The predicted molar refractivity (Wildman–Crippen MR) is 91.5 cm³/mol. The zero-order valence-electron chi connectivity index (χ0n) is 14.8. The van der Waals surface area contributed by atoms with Crippen LogP contribution in [0.3, 0.4) is 0 Å². The average Bonchev–Trinajstić information content (AvgIpc) is 2.63. The van der Waals surface area contributed by atoms with Gasteiger partial charge in [-0.1, -0.05) is 6.42 Å². The minimum atomic E-state index is -1.13. The fourth-order valence-electron chi connectivity index (χ4n) is 2.57. The largest absolute Gasteiger partial charge is 0.396 e. The zero-order chi connectivity index (χ0) is 19.3. The molecule has 9 nitrogen and oxygen atoms in total. The lowest BCUT2D eigenvalue weighted by atomic mass is 9.86. The standard InChI is InChI=1S/C16H34N2O7/c17-14(25)4-2-1-3-5-18(6-15(8-19,9-20)10-21)7-16(11-22,12-23)13-24/h19-24H,1-13H2,(H2,17,25). The van der Waals surface area contributed by atoms with Crippen molar-refractivity contribution in [2.45, 2.75) is 25.7 Å². The number of hydrogen-bond acceptors (Lipinski definition) is 8. The van der Waals surface area contributed by atoms with E-state index in [2.05, 4.69) is 0 Å². The van der Waals surface area contributed by atoms with Crippen LogP contribution in [-0.2, 0) is 4.79 Å². The molecule has 0 atom stereocenters. The van der Waals surface area contributed by atoms with Crippen LogP contribution in [0.4, 0.5) is 0 Å².